The fourth-order valence-electron chi connectivity index (χ4n) is 2.27. The van der Waals surface area contributed by atoms with Gasteiger partial charge in [-0.15, -0.1) is 5.10 Å². The summed E-state index contributed by atoms with van der Waals surface area (Å²) >= 11 is 3.38. The lowest BCUT2D eigenvalue weighted by Crippen LogP contribution is -2.38. The number of amides is 1. The van der Waals surface area contributed by atoms with Crippen molar-refractivity contribution in [3.63, 3.8) is 0 Å². The minimum Gasteiger partial charge on any atom is -0.480 e. The lowest BCUT2D eigenvalue weighted by atomic mass is 10.2. The van der Waals surface area contributed by atoms with Gasteiger partial charge < -0.3 is 10.4 Å². The monoisotopic (exact) mass is 378 g/mol. The fourth-order valence-corrected chi connectivity index (χ4v) is 2.54. The molecule has 0 radical (unpaired) electrons. The zero-order valence-corrected chi connectivity index (χ0v) is 13.9. The van der Waals surface area contributed by atoms with E-state index in [1.165, 1.54) is 6.92 Å². The van der Waals surface area contributed by atoms with Gasteiger partial charge >= 0.3 is 5.97 Å². The van der Waals surface area contributed by atoms with Crippen LogP contribution in [0, 0.1) is 0 Å². The molecule has 23 heavy (non-hydrogen) atoms. The molecule has 0 bridgehead atoms. The summed E-state index contributed by atoms with van der Waals surface area (Å²) in [4.78, 5) is 23.2. The summed E-state index contributed by atoms with van der Waals surface area (Å²) < 4.78 is 2.60. The molecule has 7 nitrogen and oxygen atoms in total. The summed E-state index contributed by atoms with van der Waals surface area (Å²) in [5.41, 5.74) is 1.75. The first-order valence-electron chi connectivity index (χ1n) is 7.22. The molecule has 2 aromatic rings. The molecule has 1 fully saturated rings. The maximum atomic E-state index is 12.3. The first-order chi connectivity index (χ1) is 11.0. The van der Waals surface area contributed by atoms with Crippen molar-refractivity contribution in [1.82, 2.24) is 20.3 Å². The number of carboxylic acids is 1. The van der Waals surface area contributed by atoms with Gasteiger partial charge in [0, 0.05) is 10.4 Å². The Morgan fingerprint density at radius 3 is 2.57 bits per heavy atom. The average molecular weight is 379 g/mol. The normalized spacial score (nSPS) is 15.2. The van der Waals surface area contributed by atoms with Crippen molar-refractivity contribution < 1.29 is 14.7 Å². The molecule has 8 heteroatoms. The first kappa shape index (κ1) is 15.7. The van der Waals surface area contributed by atoms with Crippen LogP contribution in [0.2, 0.25) is 0 Å². The lowest BCUT2D eigenvalue weighted by Gasteiger charge is -2.10. The van der Waals surface area contributed by atoms with Gasteiger partial charge in [-0.05, 0) is 44.0 Å². The van der Waals surface area contributed by atoms with Crippen molar-refractivity contribution in [2.45, 2.75) is 31.7 Å². The number of aromatic nitrogens is 3. The molecule has 1 aromatic heterocycles. The van der Waals surface area contributed by atoms with Gasteiger partial charge in [-0.3, -0.25) is 9.59 Å². The van der Waals surface area contributed by atoms with Crippen LogP contribution < -0.4 is 5.32 Å². The number of rotatable bonds is 5. The van der Waals surface area contributed by atoms with E-state index in [1.54, 1.807) is 4.68 Å². The number of hydrogen-bond acceptors (Lipinski definition) is 4. The minimum atomic E-state index is -1.09. The van der Waals surface area contributed by atoms with Crippen LogP contribution in [0.1, 0.15) is 41.9 Å². The second kappa shape index (κ2) is 6.11. The Kier molecular flexibility index (Phi) is 4.16. The van der Waals surface area contributed by atoms with Gasteiger partial charge in [0.2, 0.25) is 0 Å². The third-order valence-corrected chi connectivity index (χ3v) is 4.20. The average Bonchev–Trinajstić information content (AvgIpc) is 3.26. The van der Waals surface area contributed by atoms with Crippen molar-refractivity contribution >= 4 is 27.8 Å². The van der Waals surface area contributed by atoms with E-state index in [0.717, 1.165) is 28.7 Å². The minimum absolute atomic E-state index is 0.198. The van der Waals surface area contributed by atoms with Crippen LogP contribution in [-0.2, 0) is 4.79 Å². The summed E-state index contributed by atoms with van der Waals surface area (Å²) in [6.45, 7) is 1.41. The lowest BCUT2D eigenvalue weighted by molar-refractivity contribution is -0.138. The summed E-state index contributed by atoms with van der Waals surface area (Å²) in [5, 5.41) is 19.4. The fraction of sp³-hybridized carbons (Fsp3) is 0.333. The number of nitrogens with zero attached hydrogens (tertiary/aromatic N) is 3. The quantitative estimate of drug-likeness (QED) is 0.830. The van der Waals surface area contributed by atoms with Gasteiger partial charge in [-0.2, -0.15) is 0 Å². The third kappa shape index (κ3) is 3.26. The van der Waals surface area contributed by atoms with Gasteiger partial charge in [0.1, 0.15) is 6.04 Å². The van der Waals surface area contributed by atoms with Crippen LogP contribution >= 0.6 is 15.9 Å². The molecule has 1 heterocycles. The Labute approximate surface area is 140 Å². The van der Waals surface area contributed by atoms with E-state index >= 15 is 0 Å². The number of carbonyl (C=O) groups excluding carboxylic acids is 1. The Morgan fingerprint density at radius 2 is 2.00 bits per heavy atom. The van der Waals surface area contributed by atoms with Crippen molar-refractivity contribution in [3.05, 3.63) is 40.1 Å². The number of nitrogens with one attached hydrogen (secondary N) is 1. The molecule has 2 N–H and O–H groups in total. The molecule has 1 amide bonds. The highest BCUT2D eigenvalue weighted by atomic mass is 79.9. The molecule has 1 aliphatic rings. The molecule has 1 atom stereocenters. The zero-order valence-electron chi connectivity index (χ0n) is 12.4. The van der Waals surface area contributed by atoms with Crippen LogP contribution in [0.5, 0.6) is 0 Å². The van der Waals surface area contributed by atoms with E-state index in [4.69, 9.17) is 5.11 Å². The number of carbonyl (C=O) groups is 2. The van der Waals surface area contributed by atoms with E-state index < -0.39 is 17.9 Å². The van der Waals surface area contributed by atoms with Gasteiger partial charge in [0.15, 0.2) is 5.69 Å². The third-order valence-electron chi connectivity index (χ3n) is 3.67. The van der Waals surface area contributed by atoms with Crippen molar-refractivity contribution in [2.24, 2.45) is 0 Å². The Morgan fingerprint density at radius 1 is 1.35 bits per heavy atom. The molecular weight excluding hydrogens is 364 g/mol. The van der Waals surface area contributed by atoms with E-state index in [0.29, 0.717) is 0 Å². The number of carboxylic acid groups (broad SMARTS) is 1. The number of benzene rings is 1. The second-order valence-electron chi connectivity index (χ2n) is 5.52. The van der Waals surface area contributed by atoms with Crippen LogP contribution in [0.15, 0.2) is 28.7 Å². The molecule has 0 spiro atoms. The highest BCUT2D eigenvalue weighted by Gasteiger charge is 2.34. The Balaban J connectivity index is 1.94. The van der Waals surface area contributed by atoms with Gasteiger partial charge in [0.25, 0.3) is 5.91 Å². The largest absolute Gasteiger partial charge is 0.480 e. The van der Waals surface area contributed by atoms with Crippen molar-refractivity contribution in [1.29, 1.82) is 0 Å². The van der Waals surface area contributed by atoms with Crippen LogP contribution in [0.4, 0.5) is 0 Å². The molecule has 0 saturated heterocycles. The van der Waals surface area contributed by atoms with E-state index in [9.17, 15) is 9.59 Å². The highest BCUT2D eigenvalue weighted by Crippen LogP contribution is 2.42. The molecular formula is C15H15BrN4O3. The summed E-state index contributed by atoms with van der Waals surface area (Å²) in [6.07, 6.45) is 1.94. The second-order valence-corrected chi connectivity index (χ2v) is 6.43. The molecule has 0 unspecified atom stereocenters. The topological polar surface area (TPSA) is 97.1 Å². The van der Waals surface area contributed by atoms with E-state index in [-0.39, 0.29) is 11.6 Å². The number of hydrogen-bond donors (Lipinski definition) is 2. The maximum Gasteiger partial charge on any atom is 0.325 e. The van der Waals surface area contributed by atoms with Crippen molar-refractivity contribution in [2.75, 3.05) is 0 Å². The SMILES string of the molecule is C[C@@H](NC(=O)c1nnn(-c2ccc(Br)cc2)c1C1CC1)C(=O)O. The van der Waals surface area contributed by atoms with Crippen LogP contribution in [0.3, 0.4) is 0 Å². The summed E-state index contributed by atoms with van der Waals surface area (Å²) in [7, 11) is 0. The van der Waals surface area contributed by atoms with Crippen LogP contribution in [0.25, 0.3) is 5.69 Å². The standard InChI is InChI=1S/C15H15BrN4O3/c1-8(15(22)23)17-14(21)12-13(9-2-3-9)20(19-18-12)11-6-4-10(16)5-7-11/h4-9H,2-3H2,1H3,(H,17,21)(H,22,23)/t8-/m1/s1. The zero-order chi connectivity index (χ0) is 16.6. The highest BCUT2D eigenvalue weighted by molar-refractivity contribution is 9.10. The molecule has 3 rings (SSSR count). The molecule has 120 valence electrons. The maximum absolute atomic E-state index is 12.3. The van der Waals surface area contributed by atoms with Gasteiger partial charge in [-0.1, -0.05) is 21.1 Å². The summed E-state index contributed by atoms with van der Waals surface area (Å²) in [6, 6.07) is 6.56. The smallest absolute Gasteiger partial charge is 0.325 e. The van der Waals surface area contributed by atoms with E-state index in [1.807, 2.05) is 24.3 Å². The Bertz CT molecular complexity index is 753. The predicted octanol–water partition coefficient (Wildman–Crippen LogP) is 2.11. The summed E-state index contributed by atoms with van der Waals surface area (Å²) in [5.74, 6) is -1.37. The molecule has 1 saturated carbocycles. The van der Waals surface area contributed by atoms with Crippen LogP contribution in [-0.4, -0.2) is 38.0 Å². The van der Waals surface area contributed by atoms with Gasteiger partial charge in [0.05, 0.1) is 11.4 Å². The molecule has 1 aromatic carbocycles. The van der Waals surface area contributed by atoms with Crippen molar-refractivity contribution in [3.8, 4) is 5.69 Å². The van der Waals surface area contributed by atoms with E-state index in [2.05, 4.69) is 31.6 Å². The predicted molar refractivity (Wildman–Crippen MR) is 85.6 cm³/mol. The molecule has 1 aliphatic carbocycles. The van der Waals surface area contributed by atoms with Gasteiger partial charge in [-0.25, -0.2) is 4.68 Å². The first-order valence-corrected chi connectivity index (χ1v) is 8.02. The number of halogens is 1. The number of aliphatic carboxylic acids is 1. The molecule has 0 aliphatic heterocycles. The Hall–Kier alpha value is -2.22.